The predicted molar refractivity (Wildman–Crippen MR) is 75.8 cm³/mol. The number of unbranched alkanes of at least 4 members (excludes halogenated alkanes) is 1. The van der Waals surface area contributed by atoms with Gasteiger partial charge in [0.15, 0.2) is 0 Å². The smallest absolute Gasteiger partial charge is 0.136 e. The zero-order valence-corrected chi connectivity index (χ0v) is 12.3. The number of likely N-dealkylation sites (N-methyl/N-ethyl adjacent to an activating group) is 1. The van der Waals surface area contributed by atoms with E-state index in [4.69, 9.17) is 0 Å². The first kappa shape index (κ1) is 17.6. The Morgan fingerprint density at radius 1 is 1.28 bits per heavy atom. The molecule has 3 N–H and O–H groups in total. The molecular formula is C14H30N2O2. The summed E-state index contributed by atoms with van der Waals surface area (Å²) in [6, 6.07) is -0.0283. The molecule has 0 fully saturated rings. The van der Waals surface area contributed by atoms with Gasteiger partial charge in [0, 0.05) is 5.54 Å². The third kappa shape index (κ3) is 7.09. The number of carbonyl (C=O) groups excluding carboxylic acids is 1. The lowest BCUT2D eigenvalue weighted by atomic mass is 9.94. The van der Waals surface area contributed by atoms with Gasteiger partial charge in [0.05, 0.1) is 12.1 Å². The van der Waals surface area contributed by atoms with E-state index in [9.17, 15) is 9.90 Å². The van der Waals surface area contributed by atoms with Gasteiger partial charge in [0.25, 0.3) is 0 Å². The van der Waals surface area contributed by atoms with Crippen LogP contribution in [-0.2, 0) is 4.79 Å². The minimum atomic E-state index is -0.366. The zero-order chi connectivity index (χ0) is 14.0. The molecule has 0 aliphatic carbocycles. The highest BCUT2D eigenvalue weighted by Gasteiger charge is 2.24. The summed E-state index contributed by atoms with van der Waals surface area (Å²) >= 11 is 0. The summed E-state index contributed by atoms with van der Waals surface area (Å²) in [5.41, 5.74) is -0.258. The van der Waals surface area contributed by atoms with Crippen LogP contribution in [0.2, 0.25) is 0 Å². The van der Waals surface area contributed by atoms with Gasteiger partial charge in [-0.15, -0.1) is 0 Å². The third-order valence-corrected chi connectivity index (χ3v) is 3.57. The van der Waals surface area contributed by atoms with Gasteiger partial charge in [-0.1, -0.05) is 19.8 Å². The molecule has 0 radical (unpaired) electrons. The van der Waals surface area contributed by atoms with Crippen molar-refractivity contribution in [3.63, 3.8) is 0 Å². The molecule has 0 aromatic heterocycles. The molecule has 0 saturated carbocycles. The summed E-state index contributed by atoms with van der Waals surface area (Å²) in [5.74, 6) is 0. The lowest BCUT2D eigenvalue weighted by molar-refractivity contribution is -0.109. The quantitative estimate of drug-likeness (QED) is 0.388. The number of aliphatic hydroxyl groups is 1. The Morgan fingerprint density at radius 3 is 2.44 bits per heavy atom. The summed E-state index contributed by atoms with van der Waals surface area (Å²) in [5, 5.41) is 16.3. The van der Waals surface area contributed by atoms with Crippen LogP contribution in [0.3, 0.4) is 0 Å². The molecule has 0 heterocycles. The maximum atomic E-state index is 10.8. The second-order valence-corrected chi connectivity index (χ2v) is 5.47. The summed E-state index contributed by atoms with van der Waals surface area (Å²) in [6.07, 6.45) is 5.33. The van der Waals surface area contributed by atoms with Crippen LogP contribution in [0.15, 0.2) is 0 Å². The van der Waals surface area contributed by atoms with Gasteiger partial charge in [0.2, 0.25) is 0 Å². The van der Waals surface area contributed by atoms with E-state index in [1.54, 1.807) is 0 Å². The largest absolute Gasteiger partial charge is 0.391 e. The molecule has 0 saturated heterocycles. The summed E-state index contributed by atoms with van der Waals surface area (Å²) in [4.78, 5) is 10.8. The highest BCUT2D eigenvalue weighted by molar-refractivity contribution is 5.57. The van der Waals surface area contributed by atoms with Crippen LogP contribution < -0.4 is 10.6 Å². The Morgan fingerprint density at radius 2 is 1.94 bits per heavy atom. The number of aldehydes is 1. The normalized spacial score (nSPS) is 15.4. The second kappa shape index (κ2) is 9.48. The van der Waals surface area contributed by atoms with Gasteiger partial charge >= 0.3 is 0 Å². The summed E-state index contributed by atoms with van der Waals surface area (Å²) in [7, 11) is 1.86. The van der Waals surface area contributed by atoms with Crippen molar-refractivity contribution in [3.05, 3.63) is 0 Å². The average molecular weight is 258 g/mol. The van der Waals surface area contributed by atoms with Crippen LogP contribution in [0.1, 0.15) is 52.9 Å². The highest BCUT2D eigenvalue weighted by Crippen LogP contribution is 2.13. The fourth-order valence-electron chi connectivity index (χ4n) is 1.75. The fourth-order valence-corrected chi connectivity index (χ4v) is 1.75. The highest BCUT2D eigenvalue weighted by atomic mass is 16.3. The first-order valence-electron chi connectivity index (χ1n) is 7.03. The van der Waals surface area contributed by atoms with E-state index in [-0.39, 0.29) is 17.7 Å². The molecule has 0 aliphatic heterocycles. The van der Waals surface area contributed by atoms with Crippen molar-refractivity contribution < 1.29 is 9.90 Å². The molecule has 4 heteroatoms. The molecule has 108 valence electrons. The lowest BCUT2D eigenvalue weighted by Crippen LogP contribution is -2.47. The average Bonchev–Trinajstić information content (AvgIpc) is 2.37. The van der Waals surface area contributed by atoms with Gasteiger partial charge in [-0.25, -0.2) is 0 Å². The Hall–Kier alpha value is -0.450. The van der Waals surface area contributed by atoms with Gasteiger partial charge in [0.1, 0.15) is 6.29 Å². The maximum Gasteiger partial charge on any atom is 0.136 e. The molecule has 0 aliphatic rings. The number of hydrogen-bond acceptors (Lipinski definition) is 4. The minimum Gasteiger partial charge on any atom is -0.391 e. The van der Waals surface area contributed by atoms with Crippen molar-refractivity contribution in [2.45, 2.75) is 70.6 Å². The van der Waals surface area contributed by atoms with E-state index in [1.165, 1.54) is 0 Å². The monoisotopic (exact) mass is 258 g/mol. The van der Waals surface area contributed by atoms with E-state index >= 15 is 0 Å². The first-order valence-corrected chi connectivity index (χ1v) is 7.03. The number of hydrogen-bond donors (Lipinski definition) is 3. The summed E-state index contributed by atoms with van der Waals surface area (Å²) in [6.45, 7) is 6.88. The number of aliphatic hydroxyl groups excluding tert-OH is 1. The van der Waals surface area contributed by atoms with Crippen LogP contribution >= 0.6 is 0 Å². The summed E-state index contributed by atoms with van der Waals surface area (Å²) < 4.78 is 0. The van der Waals surface area contributed by atoms with E-state index < -0.39 is 0 Å². The molecule has 4 nitrogen and oxygen atoms in total. The first-order chi connectivity index (χ1) is 8.47. The Bertz CT molecular complexity index is 220. The van der Waals surface area contributed by atoms with Crippen LogP contribution in [0.5, 0.6) is 0 Å². The maximum absolute atomic E-state index is 10.8. The number of nitrogens with one attached hydrogen (secondary N) is 2. The van der Waals surface area contributed by atoms with Crippen LogP contribution in [-0.4, -0.2) is 42.7 Å². The topological polar surface area (TPSA) is 61.4 Å². The molecule has 0 spiro atoms. The number of rotatable bonds is 11. The third-order valence-electron chi connectivity index (χ3n) is 3.57. The Labute approximate surface area is 112 Å². The van der Waals surface area contributed by atoms with E-state index in [0.717, 1.165) is 44.9 Å². The van der Waals surface area contributed by atoms with Crippen LogP contribution in [0.4, 0.5) is 0 Å². The van der Waals surface area contributed by atoms with E-state index in [2.05, 4.69) is 17.6 Å². The van der Waals surface area contributed by atoms with Gasteiger partial charge < -0.3 is 20.5 Å². The standard InChI is InChI=1S/C14H30N2O2/c1-5-6-8-12(11-17)16-10-7-9-13(18)14(2,3)15-4/h11-13,15-16,18H,5-10H2,1-4H3/t12-,13?/m0/s1. The van der Waals surface area contributed by atoms with Crippen LogP contribution in [0.25, 0.3) is 0 Å². The van der Waals surface area contributed by atoms with Gasteiger partial charge in [-0.2, -0.15) is 0 Å². The van der Waals surface area contributed by atoms with Crippen LogP contribution in [0, 0.1) is 0 Å². The molecular weight excluding hydrogens is 228 g/mol. The second-order valence-electron chi connectivity index (χ2n) is 5.47. The molecule has 2 atom stereocenters. The lowest BCUT2D eigenvalue weighted by Gasteiger charge is -2.30. The van der Waals surface area contributed by atoms with E-state index in [0.29, 0.717) is 0 Å². The zero-order valence-electron chi connectivity index (χ0n) is 12.3. The van der Waals surface area contributed by atoms with Crippen molar-refractivity contribution in [1.29, 1.82) is 0 Å². The fraction of sp³-hybridized carbons (Fsp3) is 0.929. The Balaban J connectivity index is 3.74. The molecule has 18 heavy (non-hydrogen) atoms. The minimum absolute atomic E-state index is 0.0283. The van der Waals surface area contributed by atoms with Crippen molar-refractivity contribution in [1.82, 2.24) is 10.6 Å². The van der Waals surface area contributed by atoms with Crippen molar-refractivity contribution in [3.8, 4) is 0 Å². The van der Waals surface area contributed by atoms with Crippen molar-refractivity contribution in [2.24, 2.45) is 0 Å². The van der Waals surface area contributed by atoms with Crippen molar-refractivity contribution >= 4 is 6.29 Å². The van der Waals surface area contributed by atoms with Gasteiger partial charge in [-0.05, 0) is 46.7 Å². The molecule has 0 bridgehead atoms. The predicted octanol–water partition coefficient (Wildman–Crippen LogP) is 1.47. The molecule has 0 amide bonds. The molecule has 0 aromatic rings. The van der Waals surface area contributed by atoms with E-state index in [1.807, 2.05) is 20.9 Å². The number of carbonyl (C=O) groups is 1. The SMILES string of the molecule is CCCC[C@@H](C=O)NCCCC(O)C(C)(C)NC. The molecule has 0 aromatic carbocycles. The van der Waals surface area contributed by atoms with Gasteiger partial charge in [-0.3, -0.25) is 0 Å². The van der Waals surface area contributed by atoms with Crippen molar-refractivity contribution in [2.75, 3.05) is 13.6 Å². The molecule has 1 unspecified atom stereocenters. The Kier molecular flexibility index (Phi) is 9.24. The molecule has 0 rings (SSSR count).